The molecule has 0 bridgehead atoms. The van der Waals surface area contributed by atoms with E-state index in [1.165, 1.54) is 0 Å². The van der Waals surface area contributed by atoms with E-state index in [2.05, 4.69) is 11.4 Å². The molecule has 2 aromatic rings. The number of nitrogens with zero attached hydrogens (tertiary/aromatic N) is 1. The number of amides is 1. The third-order valence-electron chi connectivity index (χ3n) is 3.32. The van der Waals surface area contributed by atoms with Crippen LogP contribution in [0.3, 0.4) is 0 Å². The molecule has 1 amide bonds. The summed E-state index contributed by atoms with van der Waals surface area (Å²) in [5.74, 6) is -0.871. The van der Waals surface area contributed by atoms with Gasteiger partial charge in [-0.1, -0.05) is 42.5 Å². The molecule has 0 radical (unpaired) electrons. The van der Waals surface area contributed by atoms with Crippen molar-refractivity contribution in [3.8, 4) is 6.07 Å². The molecule has 0 aromatic heterocycles. The first-order chi connectivity index (χ1) is 10.2. The van der Waals surface area contributed by atoms with Crippen LogP contribution in [0.5, 0.6) is 0 Å². The zero-order valence-electron chi connectivity index (χ0n) is 12.0. The van der Waals surface area contributed by atoms with Gasteiger partial charge in [0.1, 0.15) is 5.92 Å². The van der Waals surface area contributed by atoms with E-state index in [9.17, 15) is 10.1 Å². The van der Waals surface area contributed by atoms with Crippen LogP contribution >= 0.6 is 0 Å². The first-order valence-corrected chi connectivity index (χ1v) is 7.00. The normalized spacial score (nSPS) is 11.4. The minimum atomic E-state index is -0.634. The molecular weight excluding hydrogens is 260 g/mol. The Hall–Kier alpha value is -2.60. The summed E-state index contributed by atoms with van der Waals surface area (Å²) >= 11 is 0. The van der Waals surface area contributed by atoms with E-state index in [1.54, 1.807) is 0 Å². The second-order valence-electron chi connectivity index (χ2n) is 5.06. The highest BCUT2D eigenvalue weighted by molar-refractivity contribution is 5.94. The second-order valence-corrected chi connectivity index (χ2v) is 5.06. The van der Waals surface area contributed by atoms with Crippen molar-refractivity contribution >= 4 is 11.6 Å². The lowest BCUT2D eigenvalue weighted by atomic mass is 10.00. The van der Waals surface area contributed by atoms with Crippen LogP contribution in [0.4, 0.5) is 5.69 Å². The maximum Gasteiger partial charge on any atom is 0.241 e. The molecule has 0 aliphatic carbocycles. The number of nitrogens with one attached hydrogen (secondary N) is 1. The predicted octanol–water partition coefficient (Wildman–Crippen LogP) is 3.71. The Kier molecular flexibility index (Phi) is 5.11. The molecule has 0 saturated carbocycles. The Balaban J connectivity index is 1.94. The van der Waals surface area contributed by atoms with E-state index in [1.807, 2.05) is 61.5 Å². The van der Waals surface area contributed by atoms with Crippen molar-refractivity contribution in [1.82, 2.24) is 0 Å². The molecular formula is C18H18N2O. The lowest BCUT2D eigenvalue weighted by molar-refractivity contribution is -0.118. The number of nitriles is 1. The first-order valence-electron chi connectivity index (χ1n) is 7.00. The maximum atomic E-state index is 12.1. The average molecular weight is 278 g/mol. The Bertz CT molecular complexity index is 644. The first kappa shape index (κ1) is 14.8. The van der Waals surface area contributed by atoms with Gasteiger partial charge in [-0.3, -0.25) is 4.79 Å². The second kappa shape index (κ2) is 7.25. The Morgan fingerprint density at radius 3 is 2.62 bits per heavy atom. The van der Waals surface area contributed by atoms with Gasteiger partial charge in [0.05, 0.1) is 6.07 Å². The minimum absolute atomic E-state index is 0.237. The van der Waals surface area contributed by atoms with Gasteiger partial charge in [0.15, 0.2) is 0 Å². The van der Waals surface area contributed by atoms with Crippen molar-refractivity contribution in [2.24, 2.45) is 5.92 Å². The molecule has 0 aliphatic heterocycles. The van der Waals surface area contributed by atoms with Crippen LogP contribution in [0.15, 0.2) is 54.6 Å². The molecule has 2 aromatic carbocycles. The SMILES string of the molecule is Cc1cccc(NC(=O)C(C#N)CCc2ccccc2)c1. The molecule has 0 fully saturated rings. The summed E-state index contributed by atoms with van der Waals surface area (Å²) in [6, 6.07) is 19.6. The van der Waals surface area contributed by atoms with Gasteiger partial charge in [-0.2, -0.15) is 5.26 Å². The van der Waals surface area contributed by atoms with Gasteiger partial charge in [0, 0.05) is 5.69 Å². The van der Waals surface area contributed by atoms with Crippen molar-refractivity contribution in [1.29, 1.82) is 5.26 Å². The van der Waals surface area contributed by atoms with Crippen molar-refractivity contribution in [2.45, 2.75) is 19.8 Å². The third-order valence-corrected chi connectivity index (χ3v) is 3.32. The van der Waals surface area contributed by atoms with Crippen molar-refractivity contribution in [3.05, 3.63) is 65.7 Å². The summed E-state index contributed by atoms with van der Waals surface area (Å²) in [5.41, 5.74) is 2.95. The summed E-state index contributed by atoms with van der Waals surface area (Å²) in [4.78, 5) is 12.1. The zero-order valence-corrected chi connectivity index (χ0v) is 12.0. The topological polar surface area (TPSA) is 52.9 Å². The van der Waals surface area contributed by atoms with Crippen LogP contribution in [0.1, 0.15) is 17.5 Å². The summed E-state index contributed by atoms with van der Waals surface area (Å²) in [5, 5.41) is 12.0. The fraction of sp³-hybridized carbons (Fsp3) is 0.222. The number of carbonyl (C=O) groups is 1. The van der Waals surface area contributed by atoms with Gasteiger partial charge in [0.25, 0.3) is 0 Å². The van der Waals surface area contributed by atoms with Crippen LogP contribution in [-0.2, 0) is 11.2 Å². The monoisotopic (exact) mass is 278 g/mol. The Morgan fingerprint density at radius 1 is 1.19 bits per heavy atom. The largest absolute Gasteiger partial charge is 0.325 e. The fourth-order valence-electron chi connectivity index (χ4n) is 2.16. The van der Waals surface area contributed by atoms with Gasteiger partial charge in [0.2, 0.25) is 5.91 Å². The molecule has 106 valence electrons. The number of anilines is 1. The predicted molar refractivity (Wildman–Crippen MR) is 83.7 cm³/mol. The molecule has 2 rings (SSSR count). The minimum Gasteiger partial charge on any atom is -0.325 e. The van der Waals surface area contributed by atoms with E-state index < -0.39 is 5.92 Å². The van der Waals surface area contributed by atoms with Crippen LogP contribution in [0.25, 0.3) is 0 Å². The van der Waals surface area contributed by atoms with E-state index in [-0.39, 0.29) is 5.91 Å². The van der Waals surface area contributed by atoms with E-state index in [0.717, 1.165) is 23.2 Å². The molecule has 3 nitrogen and oxygen atoms in total. The molecule has 0 saturated heterocycles. The smallest absolute Gasteiger partial charge is 0.241 e. The quantitative estimate of drug-likeness (QED) is 0.906. The van der Waals surface area contributed by atoms with Crippen LogP contribution in [0.2, 0.25) is 0 Å². The van der Waals surface area contributed by atoms with Gasteiger partial charge in [-0.15, -0.1) is 0 Å². The lowest BCUT2D eigenvalue weighted by Gasteiger charge is -2.10. The van der Waals surface area contributed by atoms with Gasteiger partial charge in [-0.25, -0.2) is 0 Å². The summed E-state index contributed by atoms with van der Waals surface area (Å²) in [6.07, 6.45) is 1.25. The van der Waals surface area contributed by atoms with Crippen molar-refractivity contribution in [3.63, 3.8) is 0 Å². The molecule has 0 aliphatic rings. The average Bonchev–Trinajstić information content (AvgIpc) is 2.49. The van der Waals surface area contributed by atoms with Gasteiger partial charge >= 0.3 is 0 Å². The summed E-state index contributed by atoms with van der Waals surface area (Å²) in [7, 11) is 0. The third kappa shape index (κ3) is 4.47. The molecule has 3 heteroatoms. The molecule has 1 atom stereocenters. The Morgan fingerprint density at radius 2 is 1.95 bits per heavy atom. The van der Waals surface area contributed by atoms with Crippen molar-refractivity contribution < 1.29 is 4.79 Å². The molecule has 0 heterocycles. The van der Waals surface area contributed by atoms with Crippen LogP contribution in [-0.4, -0.2) is 5.91 Å². The number of benzene rings is 2. The zero-order chi connectivity index (χ0) is 15.1. The summed E-state index contributed by atoms with van der Waals surface area (Å²) < 4.78 is 0. The standard InChI is InChI=1S/C18H18N2O/c1-14-6-5-9-17(12-14)20-18(21)16(13-19)11-10-15-7-3-2-4-8-15/h2-9,12,16H,10-11H2,1H3,(H,20,21). The van der Waals surface area contributed by atoms with Crippen molar-refractivity contribution in [2.75, 3.05) is 5.32 Å². The fourth-order valence-corrected chi connectivity index (χ4v) is 2.16. The number of aryl methyl sites for hydroxylation is 2. The maximum absolute atomic E-state index is 12.1. The van der Waals surface area contributed by atoms with E-state index >= 15 is 0 Å². The van der Waals surface area contributed by atoms with Crippen LogP contribution < -0.4 is 5.32 Å². The number of carbonyl (C=O) groups excluding carboxylic acids is 1. The number of hydrogen-bond acceptors (Lipinski definition) is 2. The molecule has 1 N–H and O–H groups in total. The highest BCUT2D eigenvalue weighted by Gasteiger charge is 2.17. The van der Waals surface area contributed by atoms with Crippen LogP contribution in [0, 0.1) is 24.2 Å². The Labute approximate surface area is 125 Å². The lowest BCUT2D eigenvalue weighted by Crippen LogP contribution is -2.22. The van der Waals surface area contributed by atoms with Gasteiger partial charge in [-0.05, 0) is 43.0 Å². The molecule has 0 spiro atoms. The van der Waals surface area contributed by atoms with E-state index in [0.29, 0.717) is 6.42 Å². The molecule has 21 heavy (non-hydrogen) atoms. The highest BCUT2D eigenvalue weighted by Crippen LogP contribution is 2.14. The highest BCUT2D eigenvalue weighted by atomic mass is 16.1. The summed E-state index contributed by atoms with van der Waals surface area (Å²) in [6.45, 7) is 1.97. The van der Waals surface area contributed by atoms with Gasteiger partial charge < -0.3 is 5.32 Å². The molecule has 1 unspecified atom stereocenters. The number of rotatable bonds is 5. The van der Waals surface area contributed by atoms with E-state index in [4.69, 9.17) is 0 Å². The number of hydrogen-bond donors (Lipinski definition) is 1.